The van der Waals surface area contributed by atoms with Gasteiger partial charge in [-0.1, -0.05) is 6.07 Å². The van der Waals surface area contributed by atoms with Gasteiger partial charge in [0.1, 0.15) is 0 Å². The highest BCUT2D eigenvalue weighted by atomic mass is 32.2. The van der Waals surface area contributed by atoms with Gasteiger partial charge in [-0.2, -0.15) is 0 Å². The molecule has 2 N–H and O–H groups in total. The van der Waals surface area contributed by atoms with Crippen molar-refractivity contribution in [3.63, 3.8) is 0 Å². The number of thioether (sulfide) groups is 1. The predicted molar refractivity (Wildman–Crippen MR) is 81.8 cm³/mol. The summed E-state index contributed by atoms with van der Waals surface area (Å²) in [4.78, 5) is 14.9. The number of carbonyl (C=O) groups is 1. The van der Waals surface area contributed by atoms with E-state index in [4.69, 9.17) is 0 Å². The van der Waals surface area contributed by atoms with Gasteiger partial charge >= 0.3 is 5.97 Å². The minimum atomic E-state index is -0.848. The molecule has 2 saturated heterocycles. The second-order valence-corrected chi connectivity index (χ2v) is 6.32. The number of nitrogens with zero attached hydrogens (tertiary/aromatic N) is 1. The zero-order chi connectivity index (χ0) is 14.1. The average molecular weight is 292 g/mol. The summed E-state index contributed by atoms with van der Waals surface area (Å²) in [6, 6.07) is 6.65. The van der Waals surface area contributed by atoms with Gasteiger partial charge in [0.15, 0.2) is 0 Å². The van der Waals surface area contributed by atoms with E-state index in [-0.39, 0.29) is 0 Å². The number of aromatic carboxylic acids is 1. The minimum Gasteiger partial charge on any atom is -0.478 e. The van der Waals surface area contributed by atoms with E-state index in [0.29, 0.717) is 17.6 Å². The fourth-order valence-electron chi connectivity index (χ4n) is 3.49. The van der Waals surface area contributed by atoms with Gasteiger partial charge in [0, 0.05) is 23.5 Å². The summed E-state index contributed by atoms with van der Waals surface area (Å²) in [6.07, 6.45) is 5.51. The van der Waals surface area contributed by atoms with Crippen molar-refractivity contribution in [3.05, 3.63) is 23.8 Å². The number of nitrogens with one attached hydrogen (secondary N) is 1. The van der Waals surface area contributed by atoms with Gasteiger partial charge in [-0.05, 0) is 44.2 Å². The Balaban J connectivity index is 1.85. The van der Waals surface area contributed by atoms with Crippen molar-refractivity contribution in [2.45, 2.75) is 36.2 Å². The first kappa shape index (κ1) is 13.8. The molecular weight excluding hydrogens is 272 g/mol. The maximum Gasteiger partial charge on any atom is 0.338 e. The topological polar surface area (TPSA) is 52.6 Å². The maximum atomic E-state index is 11.5. The zero-order valence-electron chi connectivity index (χ0n) is 11.6. The van der Waals surface area contributed by atoms with E-state index in [0.717, 1.165) is 23.5 Å². The normalized spacial score (nSPS) is 25.6. The SMILES string of the molecule is CSc1cccc(NC2CCN3CCCC23)c1C(=O)O. The molecule has 0 radical (unpaired) electrons. The molecule has 0 saturated carbocycles. The van der Waals surface area contributed by atoms with Crippen molar-refractivity contribution < 1.29 is 9.90 Å². The molecule has 4 nitrogen and oxygen atoms in total. The number of fused-ring (bicyclic) bond motifs is 1. The Morgan fingerprint density at radius 2 is 2.25 bits per heavy atom. The summed E-state index contributed by atoms with van der Waals surface area (Å²) in [7, 11) is 0. The number of hydrogen-bond acceptors (Lipinski definition) is 4. The molecule has 2 heterocycles. The Hall–Kier alpha value is -1.20. The Bertz CT molecular complexity index is 521. The summed E-state index contributed by atoms with van der Waals surface area (Å²) in [5, 5.41) is 13.0. The van der Waals surface area contributed by atoms with E-state index in [2.05, 4.69) is 10.2 Å². The average Bonchev–Trinajstić information content (AvgIpc) is 3.03. The van der Waals surface area contributed by atoms with Crippen LogP contribution >= 0.6 is 11.8 Å². The first-order valence-electron chi connectivity index (χ1n) is 7.11. The highest BCUT2D eigenvalue weighted by Crippen LogP contribution is 2.33. The van der Waals surface area contributed by atoms with Crippen LogP contribution in [0.15, 0.2) is 23.1 Å². The smallest absolute Gasteiger partial charge is 0.338 e. The van der Waals surface area contributed by atoms with E-state index in [1.165, 1.54) is 31.1 Å². The fourth-order valence-corrected chi connectivity index (χ4v) is 4.11. The number of benzene rings is 1. The van der Waals surface area contributed by atoms with Crippen LogP contribution in [0.2, 0.25) is 0 Å². The van der Waals surface area contributed by atoms with Crippen LogP contribution in [0.5, 0.6) is 0 Å². The van der Waals surface area contributed by atoms with Crippen LogP contribution in [-0.2, 0) is 0 Å². The van der Waals surface area contributed by atoms with E-state index in [9.17, 15) is 9.90 Å². The van der Waals surface area contributed by atoms with Crippen molar-refractivity contribution >= 4 is 23.4 Å². The molecule has 0 aliphatic carbocycles. The molecule has 3 rings (SSSR count). The number of anilines is 1. The van der Waals surface area contributed by atoms with E-state index in [1.807, 2.05) is 24.5 Å². The number of rotatable bonds is 4. The fraction of sp³-hybridized carbons (Fsp3) is 0.533. The largest absolute Gasteiger partial charge is 0.478 e. The van der Waals surface area contributed by atoms with E-state index < -0.39 is 5.97 Å². The molecule has 0 bridgehead atoms. The van der Waals surface area contributed by atoms with Crippen LogP contribution < -0.4 is 5.32 Å². The van der Waals surface area contributed by atoms with Gasteiger partial charge in [0.05, 0.1) is 11.3 Å². The van der Waals surface area contributed by atoms with Gasteiger partial charge < -0.3 is 10.4 Å². The number of hydrogen-bond donors (Lipinski definition) is 2. The lowest BCUT2D eigenvalue weighted by molar-refractivity contribution is 0.0694. The van der Waals surface area contributed by atoms with E-state index in [1.54, 1.807) is 0 Å². The van der Waals surface area contributed by atoms with Gasteiger partial charge in [-0.3, -0.25) is 4.90 Å². The third-order valence-electron chi connectivity index (χ3n) is 4.41. The first-order chi connectivity index (χ1) is 9.70. The van der Waals surface area contributed by atoms with Crippen LogP contribution in [0.1, 0.15) is 29.6 Å². The molecule has 0 spiro atoms. The van der Waals surface area contributed by atoms with Crippen molar-refractivity contribution in [1.82, 2.24) is 4.90 Å². The molecule has 2 unspecified atom stereocenters. The molecule has 2 fully saturated rings. The van der Waals surface area contributed by atoms with E-state index >= 15 is 0 Å². The number of carboxylic acid groups (broad SMARTS) is 1. The summed E-state index contributed by atoms with van der Waals surface area (Å²) in [5.41, 5.74) is 1.18. The minimum absolute atomic E-state index is 0.382. The van der Waals surface area contributed by atoms with Crippen LogP contribution in [0, 0.1) is 0 Å². The summed E-state index contributed by atoms with van der Waals surface area (Å²) in [6.45, 7) is 2.33. The van der Waals surface area contributed by atoms with Gasteiger partial charge in [-0.25, -0.2) is 4.79 Å². The molecule has 0 amide bonds. The summed E-state index contributed by atoms with van der Waals surface area (Å²) < 4.78 is 0. The van der Waals surface area contributed by atoms with Crippen molar-refractivity contribution in [3.8, 4) is 0 Å². The third kappa shape index (κ3) is 2.40. The first-order valence-corrected chi connectivity index (χ1v) is 8.34. The van der Waals surface area contributed by atoms with Crippen molar-refractivity contribution in [1.29, 1.82) is 0 Å². The van der Waals surface area contributed by atoms with Gasteiger partial charge in [-0.15, -0.1) is 11.8 Å². The summed E-state index contributed by atoms with van der Waals surface area (Å²) >= 11 is 1.48. The second-order valence-electron chi connectivity index (χ2n) is 5.47. The highest BCUT2D eigenvalue weighted by molar-refractivity contribution is 7.98. The quantitative estimate of drug-likeness (QED) is 0.836. The van der Waals surface area contributed by atoms with Crippen LogP contribution in [-0.4, -0.2) is 47.4 Å². The lowest BCUT2D eigenvalue weighted by Gasteiger charge is -2.23. The molecule has 1 aromatic rings. The van der Waals surface area contributed by atoms with Gasteiger partial charge in [0.25, 0.3) is 0 Å². The molecule has 108 valence electrons. The Kier molecular flexibility index (Phi) is 3.89. The lowest BCUT2D eigenvalue weighted by Crippen LogP contribution is -2.34. The molecule has 5 heteroatoms. The van der Waals surface area contributed by atoms with Gasteiger partial charge in [0.2, 0.25) is 0 Å². The molecule has 2 aliphatic heterocycles. The lowest BCUT2D eigenvalue weighted by atomic mass is 10.1. The molecule has 2 atom stereocenters. The van der Waals surface area contributed by atoms with Crippen LogP contribution in [0.25, 0.3) is 0 Å². The van der Waals surface area contributed by atoms with Crippen LogP contribution in [0.4, 0.5) is 5.69 Å². The Labute approximate surface area is 123 Å². The standard InChI is InChI=1S/C15H20N2O2S/c1-20-13-6-2-4-11(14(13)15(18)19)16-10-7-9-17-8-3-5-12(10)17/h2,4,6,10,12,16H,3,5,7-9H2,1H3,(H,18,19). The summed E-state index contributed by atoms with van der Waals surface area (Å²) in [5.74, 6) is -0.848. The number of carboxylic acids is 1. The second kappa shape index (κ2) is 5.66. The highest BCUT2D eigenvalue weighted by Gasteiger charge is 2.37. The third-order valence-corrected chi connectivity index (χ3v) is 5.19. The molecular formula is C15H20N2O2S. The molecule has 0 aromatic heterocycles. The predicted octanol–water partition coefficient (Wildman–Crippen LogP) is 2.76. The van der Waals surface area contributed by atoms with Crippen molar-refractivity contribution in [2.75, 3.05) is 24.7 Å². The molecule has 20 heavy (non-hydrogen) atoms. The van der Waals surface area contributed by atoms with Crippen molar-refractivity contribution in [2.24, 2.45) is 0 Å². The molecule has 2 aliphatic rings. The van der Waals surface area contributed by atoms with Crippen LogP contribution in [0.3, 0.4) is 0 Å². The Morgan fingerprint density at radius 1 is 1.40 bits per heavy atom. The zero-order valence-corrected chi connectivity index (χ0v) is 12.4. The Morgan fingerprint density at radius 3 is 3.00 bits per heavy atom. The monoisotopic (exact) mass is 292 g/mol. The maximum absolute atomic E-state index is 11.5. The molecule has 1 aromatic carbocycles.